The van der Waals surface area contributed by atoms with E-state index in [4.69, 9.17) is 16.3 Å². The summed E-state index contributed by atoms with van der Waals surface area (Å²) in [5.74, 6) is -1.71. The van der Waals surface area contributed by atoms with Crippen molar-refractivity contribution in [2.24, 2.45) is 0 Å². The second-order valence-electron chi connectivity index (χ2n) is 3.17. The van der Waals surface area contributed by atoms with Crippen molar-refractivity contribution in [3.05, 3.63) is 28.5 Å². The molecule has 6 heteroatoms. The van der Waals surface area contributed by atoms with Gasteiger partial charge in [-0.15, -0.1) is 0 Å². The summed E-state index contributed by atoms with van der Waals surface area (Å²) in [6.45, 7) is 1.75. The van der Waals surface area contributed by atoms with Crippen molar-refractivity contribution < 1.29 is 23.8 Å². The summed E-state index contributed by atoms with van der Waals surface area (Å²) in [5, 5.41) is 9.41. The second kappa shape index (κ2) is 5.84. The smallest absolute Gasteiger partial charge is 0.339 e. The SMILES string of the molecule is CCOC(=O)C(O)c1cc(Cl)c(F)c(OC)c1. The number of hydrogen-bond acceptors (Lipinski definition) is 4. The van der Waals surface area contributed by atoms with Crippen molar-refractivity contribution in [3.8, 4) is 5.75 Å². The molecule has 0 bridgehead atoms. The lowest BCUT2D eigenvalue weighted by Gasteiger charge is -2.12. The molecule has 0 heterocycles. The van der Waals surface area contributed by atoms with E-state index in [9.17, 15) is 14.3 Å². The fourth-order valence-electron chi connectivity index (χ4n) is 1.25. The monoisotopic (exact) mass is 262 g/mol. The van der Waals surface area contributed by atoms with Crippen LogP contribution in [-0.4, -0.2) is 24.8 Å². The van der Waals surface area contributed by atoms with Gasteiger partial charge in [-0.25, -0.2) is 9.18 Å². The number of aliphatic hydroxyl groups excluding tert-OH is 1. The largest absolute Gasteiger partial charge is 0.494 e. The Morgan fingerprint density at radius 1 is 1.59 bits per heavy atom. The molecule has 1 rings (SSSR count). The second-order valence-corrected chi connectivity index (χ2v) is 3.58. The normalized spacial score (nSPS) is 12.1. The number of hydrogen-bond donors (Lipinski definition) is 1. The van der Waals surface area contributed by atoms with Crippen molar-refractivity contribution in [1.29, 1.82) is 0 Å². The topological polar surface area (TPSA) is 55.8 Å². The number of ether oxygens (including phenoxy) is 2. The molecule has 1 atom stereocenters. The minimum Gasteiger partial charge on any atom is -0.494 e. The Labute approximate surface area is 103 Å². The Hall–Kier alpha value is -1.33. The third kappa shape index (κ3) is 3.08. The summed E-state index contributed by atoms with van der Waals surface area (Å²) >= 11 is 5.61. The summed E-state index contributed by atoms with van der Waals surface area (Å²) in [6.07, 6.45) is -1.51. The van der Waals surface area contributed by atoms with Crippen LogP contribution in [0.15, 0.2) is 12.1 Å². The maximum atomic E-state index is 13.3. The molecule has 17 heavy (non-hydrogen) atoms. The number of carbonyl (C=O) groups is 1. The van der Waals surface area contributed by atoms with Gasteiger partial charge in [0.05, 0.1) is 18.7 Å². The first-order chi connectivity index (χ1) is 8.01. The Morgan fingerprint density at radius 3 is 2.76 bits per heavy atom. The van der Waals surface area contributed by atoms with Gasteiger partial charge in [-0.1, -0.05) is 11.6 Å². The molecule has 0 aliphatic carbocycles. The van der Waals surface area contributed by atoms with Crippen molar-refractivity contribution in [2.45, 2.75) is 13.0 Å². The molecule has 4 nitrogen and oxygen atoms in total. The zero-order valence-electron chi connectivity index (χ0n) is 9.37. The number of benzene rings is 1. The van der Waals surface area contributed by atoms with E-state index in [0.29, 0.717) is 0 Å². The number of carbonyl (C=O) groups excluding carboxylic acids is 1. The molecule has 0 radical (unpaired) electrons. The van der Waals surface area contributed by atoms with E-state index in [-0.39, 0.29) is 22.9 Å². The number of methoxy groups -OCH3 is 1. The predicted molar refractivity (Wildman–Crippen MR) is 59.6 cm³/mol. The molecule has 1 N–H and O–H groups in total. The molecule has 0 saturated heterocycles. The van der Waals surface area contributed by atoms with Crippen LogP contribution in [0.2, 0.25) is 5.02 Å². The Bertz CT molecular complexity index is 422. The van der Waals surface area contributed by atoms with Crippen molar-refractivity contribution in [1.82, 2.24) is 0 Å². The third-order valence-corrected chi connectivity index (χ3v) is 2.34. The summed E-state index contributed by atoms with van der Waals surface area (Å²) in [4.78, 5) is 11.3. The van der Waals surface area contributed by atoms with Crippen LogP contribution in [0.4, 0.5) is 4.39 Å². The number of esters is 1. The van der Waals surface area contributed by atoms with E-state index >= 15 is 0 Å². The summed E-state index contributed by atoms with van der Waals surface area (Å²) in [6, 6.07) is 2.35. The average Bonchev–Trinajstić information content (AvgIpc) is 2.31. The fourth-order valence-corrected chi connectivity index (χ4v) is 1.47. The first-order valence-electron chi connectivity index (χ1n) is 4.88. The fraction of sp³-hybridized carbons (Fsp3) is 0.364. The van der Waals surface area contributed by atoms with E-state index in [2.05, 4.69) is 4.74 Å². The van der Waals surface area contributed by atoms with E-state index in [1.807, 2.05) is 0 Å². The van der Waals surface area contributed by atoms with Crippen molar-refractivity contribution >= 4 is 17.6 Å². The van der Waals surface area contributed by atoms with Crippen molar-refractivity contribution in [3.63, 3.8) is 0 Å². The molecule has 0 saturated carbocycles. The van der Waals surface area contributed by atoms with Crippen molar-refractivity contribution in [2.75, 3.05) is 13.7 Å². The van der Waals surface area contributed by atoms with Crippen LogP contribution in [-0.2, 0) is 9.53 Å². The molecule has 0 aromatic heterocycles. The predicted octanol–water partition coefficient (Wildman–Crippen LogP) is 2.08. The highest BCUT2D eigenvalue weighted by Gasteiger charge is 2.21. The molecule has 0 fully saturated rings. The molecular formula is C11H12ClFO4. The van der Waals surface area contributed by atoms with Gasteiger partial charge in [-0.05, 0) is 24.6 Å². The quantitative estimate of drug-likeness (QED) is 0.844. The van der Waals surface area contributed by atoms with Crippen LogP contribution in [0.5, 0.6) is 5.75 Å². The molecular weight excluding hydrogens is 251 g/mol. The molecule has 0 spiro atoms. The van der Waals surface area contributed by atoms with Crippen LogP contribution in [0.1, 0.15) is 18.6 Å². The maximum absolute atomic E-state index is 13.3. The Balaban J connectivity index is 3.06. The van der Waals surface area contributed by atoms with E-state index in [0.717, 1.165) is 6.07 Å². The first-order valence-corrected chi connectivity index (χ1v) is 5.26. The van der Waals surface area contributed by atoms with Gasteiger partial charge in [-0.3, -0.25) is 0 Å². The van der Waals surface area contributed by atoms with Crippen LogP contribution in [0.3, 0.4) is 0 Å². The maximum Gasteiger partial charge on any atom is 0.339 e. The minimum atomic E-state index is -1.51. The molecule has 1 aromatic carbocycles. The lowest BCUT2D eigenvalue weighted by molar-refractivity contribution is -0.153. The van der Waals surface area contributed by atoms with Crippen LogP contribution >= 0.6 is 11.6 Å². The van der Waals surface area contributed by atoms with E-state index < -0.39 is 17.9 Å². The summed E-state index contributed by atoms with van der Waals surface area (Å²) < 4.78 is 22.7. The highest BCUT2D eigenvalue weighted by molar-refractivity contribution is 6.31. The van der Waals surface area contributed by atoms with E-state index in [1.54, 1.807) is 6.92 Å². The first kappa shape index (κ1) is 13.7. The zero-order chi connectivity index (χ0) is 13.0. The van der Waals surface area contributed by atoms with E-state index in [1.165, 1.54) is 13.2 Å². The summed E-state index contributed by atoms with van der Waals surface area (Å²) in [5.41, 5.74) is 0.117. The lowest BCUT2D eigenvalue weighted by Crippen LogP contribution is -2.15. The van der Waals surface area contributed by atoms with Gasteiger partial charge < -0.3 is 14.6 Å². The van der Waals surface area contributed by atoms with Crippen LogP contribution in [0.25, 0.3) is 0 Å². The zero-order valence-corrected chi connectivity index (χ0v) is 10.1. The molecule has 0 aliphatic heterocycles. The van der Waals surface area contributed by atoms with Gasteiger partial charge in [0.25, 0.3) is 0 Å². The standard InChI is InChI=1S/C11H12ClFO4/c1-3-17-11(15)10(14)6-4-7(12)9(13)8(5-6)16-2/h4-5,10,14H,3H2,1-2H3. The third-order valence-electron chi connectivity index (χ3n) is 2.06. The Morgan fingerprint density at radius 2 is 2.24 bits per heavy atom. The number of rotatable bonds is 4. The highest BCUT2D eigenvalue weighted by Crippen LogP contribution is 2.29. The van der Waals surface area contributed by atoms with Gasteiger partial charge >= 0.3 is 5.97 Å². The lowest BCUT2D eigenvalue weighted by atomic mass is 10.1. The molecule has 1 aromatic rings. The van der Waals surface area contributed by atoms with Crippen LogP contribution in [0, 0.1) is 5.82 Å². The number of halogens is 2. The molecule has 0 amide bonds. The van der Waals surface area contributed by atoms with Gasteiger partial charge in [0.2, 0.25) is 0 Å². The molecule has 1 unspecified atom stereocenters. The van der Waals surface area contributed by atoms with Gasteiger partial charge in [0.1, 0.15) is 0 Å². The van der Waals surface area contributed by atoms with Gasteiger partial charge in [0.15, 0.2) is 17.7 Å². The number of aliphatic hydroxyl groups is 1. The van der Waals surface area contributed by atoms with Gasteiger partial charge in [0, 0.05) is 0 Å². The molecule has 0 aliphatic rings. The van der Waals surface area contributed by atoms with Gasteiger partial charge in [-0.2, -0.15) is 0 Å². The summed E-state index contributed by atoms with van der Waals surface area (Å²) in [7, 11) is 1.26. The van der Waals surface area contributed by atoms with Crippen LogP contribution < -0.4 is 4.74 Å². The Kier molecular flexibility index (Phi) is 4.72. The minimum absolute atomic E-state index is 0.117. The molecule has 94 valence electrons. The average molecular weight is 263 g/mol. The highest BCUT2D eigenvalue weighted by atomic mass is 35.5.